The monoisotopic (exact) mass is 306 g/mol. The number of thioether (sulfide) groups is 1. The fourth-order valence-electron chi connectivity index (χ4n) is 2.21. The standard InChI is InChI=1S/C15H22N4OS/c1-5-16-14(12-6-8-13(20-4)9-7-12)11(2)21-15-17-10-18-19(15)3/h6-11,14,16H,5H2,1-4H3. The SMILES string of the molecule is CCNC(c1ccc(OC)cc1)C(C)Sc1ncnn1C. The first-order valence-corrected chi connectivity index (χ1v) is 7.91. The Morgan fingerprint density at radius 1 is 1.33 bits per heavy atom. The normalized spacial score (nSPS) is 13.9. The third-order valence-electron chi connectivity index (χ3n) is 3.33. The van der Waals surface area contributed by atoms with Gasteiger partial charge in [-0.25, -0.2) is 9.67 Å². The molecule has 0 saturated heterocycles. The average molecular weight is 306 g/mol. The highest BCUT2D eigenvalue weighted by atomic mass is 32.2. The highest BCUT2D eigenvalue weighted by Gasteiger charge is 2.21. The van der Waals surface area contributed by atoms with E-state index in [0.29, 0.717) is 5.25 Å². The van der Waals surface area contributed by atoms with E-state index in [1.807, 2.05) is 19.2 Å². The molecule has 2 unspecified atom stereocenters. The van der Waals surface area contributed by atoms with Crippen LogP contribution in [-0.2, 0) is 7.05 Å². The third-order valence-corrected chi connectivity index (χ3v) is 4.55. The summed E-state index contributed by atoms with van der Waals surface area (Å²) >= 11 is 1.73. The van der Waals surface area contributed by atoms with Gasteiger partial charge in [0.2, 0.25) is 0 Å². The zero-order chi connectivity index (χ0) is 15.2. The van der Waals surface area contributed by atoms with Crippen molar-refractivity contribution in [1.29, 1.82) is 0 Å². The minimum atomic E-state index is 0.252. The second-order valence-corrected chi connectivity index (χ2v) is 6.14. The maximum Gasteiger partial charge on any atom is 0.186 e. The van der Waals surface area contributed by atoms with Gasteiger partial charge in [0.15, 0.2) is 5.16 Å². The molecule has 1 N–H and O–H groups in total. The smallest absolute Gasteiger partial charge is 0.186 e. The molecule has 1 heterocycles. The number of benzene rings is 1. The van der Waals surface area contributed by atoms with Crippen LogP contribution in [0.15, 0.2) is 35.7 Å². The van der Waals surface area contributed by atoms with Gasteiger partial charge in [0.1, 0.15) is 12.1 Å². The predicted molar refractivity (Wildman–Crippen MR) is 85.7 cm³/mol. The average Bonchev–Trinajstić information content (AvgIpc) is 2.90. The summed E-state index contributed by atoms with van der Waals surface area (Å²) in [6.45, 7) is 5.24. The molecule has 1 aromatic heterocycles. The maximum atomic E-state index is 5.22. The predicted octanol–water partition coefficient (Wildman–Crippen LogP) is 2.66. The Morgan fingerprint density at radius 3 is 2.57 bits per heavy atom. The van der Waals surface area contributed by atoms with Gasteiger partial charge in [-0.2, -0.15) is 5.10 Å². The molecule has 1 aromatic carbocycles. The van der Waals surface area contributed by atoms with Crippen molar-refractivity contribution in [2.45, 2.75) is 30.3 Å². The number of methoxy groups -OCH3 is 1. The number of aryl methyl sites for hydroxylation is 1. The summed E-state index contributed by atoms with van der Waals surface area (Å²) in [5.74, 6) is 0.877. The lowest BCUT2D eigenvalue weighted by molar-refractivity contribution is 0.414. The Bertz CT molecular complexity index is 555. The molecule has 0 spiro atoms. The number of nitrogens with zero attached hydrogens (tertiary/aromatic N) is 3. The molecule has 0 aliphatic rings. The number of hydrogen-bond acceptors (Lipinski definition) is 5. The van der Waals surface area contributed by atoms with E-state index in [2.05, 4.69) is 41.4 Å². The first-order valence-electron chi connectivity index (χ1n) is 7.03. The van der Waals surface area contributed by atoms with Crippen molar-refractivity contribution in [3.05, 3.63) is 36.2 Å². The molecular weight excluding hydrogens is 284 g/mol. The molecule has 0 aliphatic heterocycles. The summed E-state index contributed by atoms with van der Waals surface area (Å²) in [5.41, 5.74) is 1.25. The fraction of sp³-hybridized carbons (Fsp3) is 0.467. The van der Waals surface area contributed by atoms with Crippen molar-refractivity contribution in [3.8, 4) is 5.75 Å². The minimum Gasteiger partial charge on any atom is -0.497 e. The van der Waals surface area contributed by atoms with Gasteiger partial charge in [-0.05, 0) is 24.2 Å². The zero-order valence-electron chi connectivity index (χ0n) is 12.9. The molecule has 0 saturated carbocycles. The lowest BCUT2D eigenvalue weighted by Crippen LogP contribution is -2.28. The van der Waals surface area contributed by atoms with Crippen molar-refractivity contribution in [2.75, 3.05) is 13.7 Å². The molecule has 2 aromatic rings. The summed E-state index contributed by atoms with van der Waals surface area (Å²) in [6, 6.07) is 8.47. The van der Waals surface area contributed by atoms with Crippen molar-refractivity contribution < 1.29 is 4.74 Å². The Labute approximate surface area is 130 Å². The molecular formula is C15H22N4OS. The summed E-state index contributed by atoms with van der Waals surface area (Å²) in [5, 5.41) is 8.93. The molecule has 6 heteroatoms. The van der Waals surface area contributed by atoms with Crippen LogP contribution in [0.5, 0.6) is 5.75 Å². The van der Waals surface area contributed by atoms with Gasteiger partial charge >= 0.3 is 0 Å². The van der Waals surface area contributed by atoms with E-state index < -0.39 is 0 Å². The van der Waals surface area contributed by atoms with E-state index in [4.69, 9.17) is 4.74 Å². The fourth-order valence-corrected chi connectivity index (χ4v) is 3.24. The summed E-state index contributed by atoms with van der Waals surface area (Å²) in [4.78, 5) is 4.29. The van der Waals surface area contributed by atoms with E-state index in [0.717, 1.165) is 17.5 Å². The summed E-state index contributed by atoms with van der Waals surface area (Å²) in [6.07, 6.45) is 1.59. The molecule has 0 fully saturated rings. The third kappa shape index (κ3) is 3.98. The van der Waals surface area contributed by atoms with E-state index in [1.165, 1.54) is 5.56 Å². The minimum absolute atomic E-state index is 0.252. The van der Waals surface area contributed by atoms with Crippen molar-refractivity contribution in [1.82, 2.24) is 20.1 Å². The Balaban J connectivity index is 2.14. The van der Waals surface area contributed by atoms with Gasteiger partial charge in [-0.1, -0.05) is 37.7 Å². The van der Waals surface area contributed by atoms with Crippen molar-refractivity contribution in [2.24, 2.45) is 7.05 Å². The number of ether oxygens (including phenoxy) is 1. The molecule has 2 rings (SSSR count). The van der Waals surface area contributed by atoms with E-state index >= 15 is 0 Å². The van der Waals surface area contributed by atoms with E-state index in [1.54, 1.807) is 29.9 Å². The molecule has 0 radical (unpaired) electrons. The molecule has 21 heavy (non-hydrogen) atoms. The lowest BCUT2D eigenvalue weighted by Gasteiger charge is -2.24. The van der Waals surface area contributed by atoms with Crippen LogP contribution in [0.1, 0.15) is 25.5 Å². The van der Waals surface area contributed by atoms with Gasteiger partial charge in [0.25, 0.3) is 0 Å². The molecule has 0 amide bonds. The number of nitrogens with one attached hydrogen (secondary N) is 1. The van der Waals surface area contributed by atoms with Crippen LogP contribution in [0.25, 0.3) is 0 Å². The number of hydrogen-bond donors (Lipinski definition) is 1. The van der Waals surface area contributed by atoms with E-state index in [-0.39, 0.29) is 6.04 Å². The van der Waals surface area contributed by atoms with Crippen LogP contribution in [0.4, 0.5) is 0 Å². The molecule has 0 bridgehead atoms. The van der Waals surface area contributed by atoms with Crippen LogP contribution < -0.4 is 10.1 Å². The largest absolute Gasteiger partial charge is 0.497 e. The summed E-state index contributed by atoms with van der Waals surface area (Å²) < 4.78 is 7.03. The van der Waals surface area contributed by atoms with Crippen molar-refractivity contribution >= 4 is 11.8 Å². The van der Waals surface area contributed by atoms with Crippen LogP contribution in [0, 0.1) is 0 Å². The van der Waals surface area contributed by atoms with Crippen LogP contribution in [0.2, 0.25) is 0 Å². The first kappa shape index (κ1) is 15.9. The molecule has 2 atom stereocenters. The number of rotatable bonds is 7. The van der Waals surface area contributed by atoms with E-state index in [9.17, 15) is 0 Å². The van der Waals surface area contributed by atoms with Gasteiger partial charge in [0, 0.05) is 18.3 Å². The highest BCUT2D eigenvalue weighted by Crippen LogP contribution is 2.31. The topological polar surface area (TPSA) is 52.0 Å². The first-order chi connectivity index (χ1) is 10.2. The van der Waals surface area contributed by atoms with Gasteiger partial charge < -0.3 is 10.1 Å². The van der Waals surface area contributed by atoms with Gasteiger partial charge in [-0.15, -0.1) is 0 Å². The summed E-state index contributed by atoms with van der Waals surface area (Å²) in [7, 11) is 3.60. The Morgan fingerprint density at radius 2 is 2.05 bits per heavy atom. The Hall–Kier alpha value is -1.53. The quantitative estimate of drug-likeness (QED) is 0.797. The maximum absolute atomic E-state index is 5.22. The second-order valence-electron chi connectivity index (χ2n) is 4.80. The highest BCUT2D eigenvalue weighted by molar-refractivity contribution is 7.99. The van der Waals surface area contributed by atoms with Gasteiger partial charge in [-0.3, -0.25) is 0 Å². The van der Waals surface area contributed by atoms with Gasteiger partial charge in [0.05, 0.1) is 7.11 Å². The molecule has 5 nitrogen and oxygen atoms in total. The molecule has 0 aliphatic carbocycles. The lowest BCUT2D eigenvalue weighted by atomic mass is 10.0. The molecule has 114 valence electrons. The zero-order valence-corrected chi connectivity index (χ0v) is 13.7. The second kappa shape index (κ2) is 7.47. The van der Waals surface area contributed by atoms with Crippen LogP contribution in [0.3, 0.4) is 0 Å². The number of aromatic nitrogens is 3. The Kier molecular flexibility index (Phi) is 5.64. The van der Waals surface area contributed by atoms with Crippen molar-refractivity contribution in [3.63, 3.8) is 0 Å². The van der Waals surface area contributed by atoms with Crippen LogP contribution in [-0.4, -0.2) is 33.7 Å². The van der Waals surface area contributed by atoms with Crippen LogP contribution >= 0.6 is 11.8 Å².